The van der Waals surface area contributed by atoms with E-state index in [2.05, 4.69) is 31.4 Å². The second-order valence-corrected chi connectivity index (χ2v) is 11.0. The summed E-state index contributed by atoms with van der Waals surface area (Å²) >= 11 is 9.98. The number of hydrogen-bond donors (Lipinski definition) is 2. The van der Waals surface area contributed by atoms with Crippen LogP contribution in [0.5, 0.6) is 23.0 Å². The van der Waals surface area contributed by atoms with Crippen LogP contribution >= 0.6 is 27.5 Å². The molecule has 0 saturated carbocycles. The fourth-order valence-corrected chi connectivity index (χ4v) is 5.27. The number of fused-ring (bicyclic) bond motifs is 1. The molecule has 0 bridgehead atoms. The molecule has 12 heteroatoms. The second-order valence-electron chi connectivity index (χ2n) is 9.73. The number of esters is 2. The largest absolute Gasteiger partial charge is 0.494 e. The molecule has 0 aliphatic rings. The van der Waals surface area contributed by atoms with Crippen molar-refractivity contribution in [2.75, 3.05) is 13.7 Å². The molecule has 1 heterocycles. The van der Waals surface area contributed by atoms with Gasteiger partial charge in [-0.1, -0.05) is 45.7 Å². The maximum absolute atomic E-state index is 13.5. The third kappa shape index (κ3) is 7.22. The fraction of sp³-hybridized carbons (Fsp3) is 0.118. The van der Waals surface area contributed by atoms with Crippen molar-refractivity contribution in [3.8, 4) is 34.1 Å². The number of aromatic amines is 1. The van der Waals surface area contributed by atoms with Crippen LogP contribution in [0.25, 0.3) is 22.0 Å². The second kappa shape index (κ2) is 14.3. The van der Waals surface area contributed by atoms with E-state index in [0.29, 0.717) is 44.1 Å². The predicted octanol–water partition coefficient (Wildman–Crippen LogP) is 7.57. The van der Waals surface area contributed by atoms with E-state index in [9.17, 15) is 14.4 Å². The Balaban J connectivity index is 1.41. The molecule has 10 nitrogen and oxygen atoms in total. The normalized spacial score (nSPS) is 11.0. The van der Waals surface area contributed by atoms with Gasteiger partial charge in [-0.05, 0) is 67.6 Å². The molecule has 0 fully saturated rings. The smallest absolute Gasteiger partial charge is 0.343 e. The monoisotopic (exact) mass is 703 g/mol. The first-order valence-corrected chi connectivity index (χ1v) is 15.1. The van der Waals surface area contributed by atoms with Crippen LogP contribution in [-0.4, -0.2) is 42.8 Å². The Morgan fingerprint density at radius 1 is 0.957 bits per heavy atom. The average Bonchev–Trinajstić information content (AvgIpc) is 3.41. The average molecular weight is 705 g/mol. The van der Waals surface area contributed by atoms with Gasteiger partial charge in [0.05, 0.1) is 25.5 Å². The highest BCUT2D eigenvalue weighted by atomic mass is 79.9. The number of hydrazone groups is 1. The van der Waals surface area contributed by atoms with Crippen LogP contribution in [-0.2, 0) is 4.79 Å². The lowest BCUT2D eigenvalue weighted by Gasteiger charge is -2.11. The van der Waals surface area contributed by atoms with Crippen LogP contribution < -0.4 is 24.4 Å². The van der Waals surface area contributed by atoms with Crippen LogP contribution in [0.2, 0.25) is 5.02 Å². The maximum Gasteiger partial charge on any atom is 0.343 e. The summed E-state index contributed by atoms with van der Waals surface area (Å²) < 4.78 is 22.4. The Labute approximate surface area is 277 Å². The summed E-state index contributed by atoms with van der Waals surface area (Å²) in [7, 11) is 1.39. The van der Waals surface area contributed by atoms with Gasteiger partial charge < -0.3 is 23.9 Å². The van der Waals surface area contributed by atoms with Crippen molar-refractivity contribution in [3.05, 3.63) is 105 Å². The van der Waals surface area contributed by atoms with Gasteiger partial charge >= 0.3 is 11.9 Å². The lowest BCUT2D eigenvalue weighted by Crippen LogP contribution is -2.19. The first-order valence-electron chi connectivity index (χ1n) is 13.9. The van der Waals surface area contributed by atoms with Gasteiger partial charge in [0, 0.05) is 44.0 Å². The highest BCUT2D eigenvalue weighted by Crippen LogP contribution is 2.38. The SMILES string of the molecule is CCOc1ccc2[nH]c(C(=O)NN=Cc3cc(Br)ccc3OC(=O)c3ccc(OC(C)=O)c(OC)c3)c(-c3ccccc3Cl)c2c1. The summed E-state index contributed by atoms with van der Waals surface area (Å²) in [6.07, 6.45) is 1.36. The van der Waals surface area contributed by atoms with Crippen molar-refractivity contribution < 1.29 is 33.3 Å². The molecule has 0 aliphatic heterocycles. The Morgan fingerprint density at radius 2 is 1.74 bits per heavy atom. The third-order valence-corrected chi connectivity index (χ3v) is 7.47. The number of nitrogens with zero attached hydrogens (tertiary/aromatic N) is 1. The molecule has 4 aromatic carbocycles. The van der Waals surface area contributed by atoms with Gasteiger partial charge in [-0.25, -0.2) is 10.2 Å². The summed E-state index contributed by atoms with van der Waals surface area (Å²) in [6, 6.07) is 22.0. The highest BCUT2D eigenvalue weighted by Gasteiger charge is 2.22. The van der Waals surface area contributed by atoms with Gasteiger partial charge in [0.15, 0.2) is 11.5 Å². The number of carbonyl (C=O) groups excluding carboxylic acids is 3. The third-order valence-electron chi connectivity index (χ3n) is 6.65. The lowest BCUT2D eigenvalue weighted by molar-refractivity contribution is -0.132. The quantitative estimate of drug-likeness (QED) is 0.0665. The Kier molecular flexibility index (Phi) is 10.0. The van der Waals surface area contributed by atoms with Crippen LogP contribution in [0.4, 0.5) is 0 Å². The van der Waals surface area contributed by atoms with Gasteiger partial charge in [-0.3, -0.25) is 9.59 Å². The number of rotatable bonds is 10. The molecule has 0 radical (unpaired) electrons. The zero-order valence-electron chi connectivity index (χ0n) is 24.9. The summed E-state index contributed by atoms with van der Waals surface area (Å²) in [5, 5.41) is 5.39. The molecular formula is C34H27BrClN3O7. The van der Waals surface area contributed by atoms with Crippen LogP contribution in [0.3, 0.4) is 0 Å². The minimum atomic E-state index is -0.692. The Hall–Kier alpha value is -5.13. The van der Waals surface area contributed by atoms with Crippen LogP contribution in [0, 0.1) is 0 Å². The van der Waals surface area contributed by atoms with E-state index in [-0.39, 0.29) is 28.5 Å². The van der Waals surface area contributed by atoms with E-state index in [4.69, 9.17) is 30.5 Å². The molecule has 0 spiro atoms. The molecule has 46 heavy (non-hydrogen) atoms. The summed E-state index contributed by atoms with van der Waals surface area (Å²) in [5.74, 6) is -0.549. The number of halogens is 2. The van der Waals surface area contributed by atoms with Gasteiger partial charge in [-0.15, -0.1) is 0 Å². The minimum absolute atomic E-state index is 0.158. The number of H-pyrrole nitrogens is 1. The van der Waals surface area contributed by atoms with Crippen molar-refractivity contribution in [2.45, 2.75) is 13.8 Å². The number of methoxy groups -OCH3 is 1. The predicted molar refractivity (Wildman–Crippen MR) is 178 cm³/mol. The number of hydrogen-bond acceptors (Lipinski definition) is 8. The van der Waals surface area contributed by atoms with Crippen molar-refractivity contribution in [1.29, 1.82) is 0 Å². The molecule has 5 rings (SSSR count). The number of benzene rings is 4. The fourth-order valence-electron chi connectivity index (χ4n) is 4.66. The number of aromatic nitrogens is 1. The maximum atomic E-state index is 13.5. The summed E-state index contributed by atoms with van der Waals surface area (Å²) in [5.41, 5.74) is 5.34. The molecule has 0 aliphatic carbocycles. The zero-order valence-corrected chi connectivity index (χ0v) is 27.2. The molecular weight excluding hydrogens is 678 g/mol. The first kappa shape index (κ1) is 32.3. The molecule has 2 N–H and O–H groups in total. The standard InChI is InChI=1S/C34H27BrClN3O7/c1-4-44-23-11-12-27-25(17-23)31(24-7-5-6-8-26(24)36)32(38-27)33(41)39-37-18-21-15-22(35)10-14-28(21)46-34(42)20-9-13-29(45-19(2)40)30(16-20)43-3/h5-18,38H,4H2,1-3H3,(H,39,41). The van der Waals surface area contributed by atoms with E-state index in [1.807, 2.05) is 43.3 Å². The Bertz CT molecular complexity index is 1990. The van der Waals surface area contributed by atoms with Gasteiger partial charge in [-0.2, -0.15) is 5.10 Å². The summed E-state index contributed by atoms with van der Waals surface area (Å²) in [6.45, 7) is 3.65. The zero-order chi connectivity index (χ0) is 32.8. The van der Waals surface area contributed by atoms with Crippen LogP contribution in [0.1, 0.15) is 40.3 Å². The highest BCUT2D eigenvalue weighted by molar-refractivity contribution is 9.10. The topological polar surface area (TPSA) is 128 Å². The van der Waals surface area contributed by atoms with E-state index in [1.165, 1.54) is 38.4 Å². The number of nitrogens with one attached hydrogen (secondary N) is 2. The molecule has 234 valence electrons. The van der Waals surface area contributed by atoms with E-state index in [1.54, 1.807) is 24.3 Å². The first-order chi connectivity index (χ1) is 22.2. The molecule has 0 atom stereocenters. The number of carbonyl (C=O) groups is 3. The van der Waals surface area contributed by atoms with E-state index in [0.717, 1.165) is 5.39 Å². The Morgan fingerprint density at radius 3 is 2.48 bits per heavy atom. The van der Waals surface area contributed by atoms with Crippen LogP contribution in [0.15, 0.2) is 88.4 Å². The minimum Gasteiger partial charge on any atom is -0.494 e. The van der Waals surface area contributed by atoms with Gasteiger partial charge in [0.1, 0.15) is 17.2 Å². The molecule has 0 unspecified atom stereocenters. The van der Waals surface area contributed by atoms with Crippen molar-refractivity contribution in [1.82, 2.24) is 10.4 Å². The number of amides is 1. The van der Waals surface area contributed by atoms with Crippen molar-refractivity contribution in [2.24, 2.45) is 5.10 Å². The molecule has 1 aromatic heterocycles. The molecule has 1 amide bonds. The molecule has 0 saturated heterocycles. The van der Waals surface area contributed by atoms with E-state index < -0.39 is 17.8 Å². The van der Waals surface area contributed by atoms with E-state index >= 15 is 0 Å². The van der Waals surface area contributed by atoms with Crippen molar-refractivity contribution >= 4 is 62.5 Å². The summed E-state index contributed by atoms with van der Waals surface area (Å²) in [4.78, 5) is 41.1. The lowest BCUT2D eigenvalue weighted by atomic mass is 10.0. The molecule has 5 aromatic rings. The van der Waals surface area contributed by atoms with Gasteiger partial charge in [0.2, 0.25) is 0 Å². The van der Waals surface area contributed by atoms with Gasteiger partial charge in [0.25, 0.3) is 5.91 Å². The number of ether oxygens (including phenoxy) is 4. The van der Waals surface area contributed by atoms with Crippen molar-refractivity contribution in [3.63, 3.8) is 0 Å².